The summed E-state index contributed by atoms with van der Waals surface area (Å²) in [6, 6.07) is 18.5. The van der Waals surface area contributed by atoms with E-state index >= 15 is 0 Å². The van der Waals surface area contributed by atoms with Crippen LogP contribution < -0.4 is 5.32 Å². The minimum absolute atomic E-state index is 0. The Morgan fingerprint density at radius 2 is 1.76 bits per heavy atom. The van der Waals surface area contributed by atoms with Crippen LogP contribution in [0.15, 0.2) is 60.9 Å². The van der Waals surface area contributed by atoms with Crippen LogP contribution in [-0.2, 0) is 19.4 Å². The first-order valence-corrected chi connectivity index (χ1v) is 9.70. The van der Waals surface area contributed by atoms with Crippen molar-refractivity contribution >= 4 is 23.4 Å². The van der Waals surface area contributed by atoms with Gasteiger partial charge < -0.3 is 10.3 Å². The molecule has 2 N–H and O–H groups in total. The molecule has 1 aliphatic rings. The van der Waals surface area contributed by atoms with Gasteiger partial charge in [0.1, 0.15) is 5.82 Å². The SMILES string of the molecule is Cc1c(-c2ccc(CNC3Cc4ccccc4C3)cc2F)ccc2[nH]cnc12.Cl. The molecule has 0 unspecified atom stereocenters. The number of aromatic amines is 1. The topological polar surface area (TPSA) is 40.7 Å². The molecule has 0 aliphatic heterocycles. The van der Waals surface area contributed by atoms with Gasteiger partial charge in [0, 0.05) is 18.2 Å². The molecular weight excluding hydrogens is 385 g/mol. The van der Waals surface area contributed by atoms with Gasteiger partial charge in [0.15, 0.2) is 0 Å². The van der Waals surface area contributed by atoms with Gasteiger partial charge in [0.05, 0.1) is 17.4 Å². The van der Waals surface area contributed by atoms with E-state index in [4.69, 9.17) is 0 Å². The molecule has 0 fully saturated rings. The Morgan fingerprint density at radius 1 is 1.03 bits per heavy atom. The summed E-state index contributed by atoms with van der Waals surface area (Å²) in [4.78, 5) is 7.45. The van der Waals surface area contributed by atoms with Crippen molar-refractivity contribution in [3.63, 3.8) is 0 Å². The number of fused-ring (bicyclic) bond motifs is 2. The van der Waals surface area contributed by atoms with Gasteiger partial charge in [-0.3, -0.25) is 0 Å². The number of halogens is 2. The fraction of sp³-hybridized carbons (Fsp3) is 0.208. The van der Waals surface area contributed by atoms with E-state index in [2.05, 4.69) is 39.6 Å². The van der Waals surface area contributed by atoms with Crippen molar-refractivity contribution < 1.29 is 4.39 Å². The molecule has 0 bridgehead atoms. The van der Waals surface area contributed by atoms with Crippen molar-refractivity contribution in [2.45, 2.75) is 32.4 Å². The predicted octanol–water partition coefficient (Wildman–Crippen LogP) is 5.36. The number of nitrogens with zero attached hydrogens (tertiary/aromatic N) is 1. The highest BCUT2D eigenvalue weighted by atomic mass is 35.5. The minimum atomic E-state index is -0.188. The summed E-state index contributed by atoms with van der Waals surface area (Å²) in [5, 5.41) is 3.58. The van der Waals surface area contributed by atoms with Crippen LogP contribution in [-0.4, -0.2) is 16.0 Å². The average Bonchev–Trinajstić information content (AvgIpc) is 3.34. The first-order chi connectivity index (χ1) is 13.7. The lowest BCUT2D eigenvalue weighted by Crippen LogP contribution is -2.28. The van der Waals surface area contributed by atoms with Crippen molar-refractivity contribution in [1.29, 1.82) is 0 Å². The molecule has 0 saturated carbocycles. The maximum atomic E-state index is 14.9. The second kappa shape index (κ2) is 7.97. The monoisotopic (exact) mass is 407 g/mol. The molecule has 1 aromatic heterocycles. The van der Waals surface area contributed by atoms with Gasteiger partial charge in [-0.1, -0.05) is 42.5 Å². The smallest absolute Gasteiger partial charge is 0.131 e. The van der Waals surface area contributed by atoms with Crippen LogP contribution in [0.5, 0.6) is 0 Å². The number of aromatic nitrogens is 2. The summed E-state index contributed by atoms with van der Waals surface area (Å²) >= 11 is 0. The van der Waals surface area contributed by atoms with Crippen molar-refractivity contribution in [3.8, 4) is 11.1 Å². The normalized spacial score (nSPS) is 13.4. The Morgan fingerprint density at radius 3 is 2.48 bits per heavy atom. The molecule has 1 aliphatic carbocycles. The minimum Gasteiger partial charge on any atom is -0.345 e. The van der Waals surface area contributed by atoms with Gasteiger partial charge in [0.25, 0.3) is 0 Å². The number of hydrogen-bond donors (Lipinski definition) is 2. The third kappa shape index (κ3) is 3.66. The summed E-state index contributed by atoms with van der Waals surface area (Å²) in [5.74, 6) is -0.188. The first kappa shape index (κ1) is 19.6. The average molecular weight is 408 g/mol. The fourth-order valence-corrected chi connectivity index (χ4v) is 4.29. The zero-order chi connectivity index (χ0) is 19.1. The van der Waals surface area contributed by atoms with E-state index in [1.165, 1.54) is 11.1 Å². The molecule has 5 rings (SSSR count). The Kier molecular flexibility index (Phi) is 5.39. The number of aryl methyl sites for hydroxylation is 1. The molecule has 0 radical (unpaired) electrons. The zero-order valence-electron chi connectivity index (χ0n) is 16.2. The first-order valence-electron chi connectivity index (χ1n) is 9.70. The van der Waals surface area contributed by atoms with Crippen LogP contribution in [0.4, 0.5) is 4.39 Å². The molecule has 0 saturated heterocycles. The van der Waals surface area contributed by atoms with E-state index in [0.717, 1.165) is 40.6 Å². The Bertz CT molecular complexity index is 1140. The summed E-state index contributed by atoms with van der Waals surface area (Å²) in [5.41, 5.74) is 8.19. The maximum Gasteiger partial charge on any atom is 0.131 e. The third-order valence-corrected chi connectivity index (χ3v) is 5.81. The van der Waals surface area contributed by atoms with Gasteiger partial charge >= 0.3 is 0 Å². The summed E-state index contributed by atoms with van der Waals surface area (Å²) in [6.45, 7) is 2.67. The van der Waals surface area contributed by atoms with Crippen LogP contribution in [0.25, 0.3) is 22.2 Å². The number of hydrogen-bond acceptors (Lipinski definition) is 2. The molecular formula is C24H23ClFN3. The van der Waals surface area contributed by atoms with E-state index in [1.807, 2.05) is 31.2 Å². The summed E-state index contributed by atoms with van der Waals surface area (Å²) in [6.07, 6.45) is 3.76. The number of imidazole rings is 1. The highest BCUT2D eigenvalue weighted by Gasteiger charge is 2.20. The zero-order valence-corrected chi connectivity index (χ0v) is 17.0. The molecule has 148 valence electrons. The summed E-state index contributed by atoms with van der Waals surface area (Å²) < 4.78 is 14.9. The lowest BCUT2D eigenvalue weighted by atomic mass is 9.97. The standard InChI is InChI=1S/C24H22FN3.ClH/c1-15-20(8-9-23-24(15)28-14-27-23)21-7-6-16(10-22(21)25)13-26-19-11-17-4-2-3-5-18(17)12-19;/h2-10,14,19,26H,11-13H2,1H3,(H,27,28);1H. The molecule has 0 atom stereocenters. The number of H-pyrrole nitrogens is 1. The van der Waals surface area contributed by atoms with Crippen LogP contribution in [0.3, 0.4) is 0 Å². The highest BCUT2D eigenvalue weighted by Crippen LogP contribution is 2.30. The molecule has 4 aromatic rings. The largest absolute Gasteiger partial charge is 0.345 e. The van der Waals surface area contributed by atoms with Crippen LogP contribution in [0.2, 0.25) is 0 Å². The molecule has 5 heteroatoms. The lowest BCUT2D eigenvalue weighted by molar-refractivity contribution is 0.530. The van der Waals surface area contributed by atoms with E-state index in [0.29, 0.717) is 18.2 Å². The lowest BCUT2D eigenvalue weighted by Gasteiger charge is -2.13. The van der Waals surface area contributed by atoms with Crippen molar-refractivity contribution in [1.82, 2.24) is 15.3 Å². The van der Waals surface area contributed by atoms with E-state index in [9.17, 15) is 4.39 Å². The second-order valence-electron chi connectivity index (χ2n) is 7.61. The molecule has 3 nitrogen and oxygen atoms in total. The second-order valence-corrected chi connectivity index (χ2v) is 7.61. The van der Waals surface area contributed by atoms with Crippen LogP contribution in [0, 0.1) is 12.7 Å². The van der Waals surface area contributed by atoms with Crippen LogP contribution in [0.1, 0.15) is 22.3 Å². The Balaban J connectivity index is 0.00000205. The quantitative estimate of drug-likeness (QED) is 0.478. The van der Waals surface area contributed by atoms with Gasteiger partial charge in [-0.25, -0.2) is 9.37 Å². The van der Waals surface area contributed by atoms with Crippen molar-refractivity contribution in [3.05, 3.63) is 89.0 Å². The highest BCUT2D eigenvalue weighted by molar-refractivity contribution is 5.86. The molecule has 0 amide bonds. The fourth-order valence-electron chi connectivity index (χ4n) is 4.29. The summed E-state index contributed by atoms with van der Waals surface area (Å²) in [7, 11) is 0. The molecule has 1 heterocycles. The predicted molar refractivity (Wildman–Crippen MR) is 118 cm³/mol. The molecule has 29 heavy (non-hydrogen) atoms. The Labute approximate surface area is 175 Å². The van der Waals surface area contributed by atoms with Gasteiger partial charge in [0.2, 0.25) is 0 Å². The van der Waals surface area contributed by atoms with Crippen LogP contribution >= 0.6 is 12.4 Å². The number of benzene rings is 3. The number of nitrogens with one attached hydrogen (secondary N) is 2. The van der Waals surface area contributed by atoms with E-state index < -0.39 is 0 Å². The maximum absolute atomic E-state index is 14.9. The van der Waals surface area contributed by atoms with Crippen molar-refractivity contribution in [2.75, 3.05) is 0 Å². The molecule has 3 aromatic carbocycles. The molecule has 0 spiro atoms. The Hall–Kier alpha value is -2.69. The third-order valence-electron chi connectivity index (χ3n) is 5.81. The number of rotatable bonds is 4. The van der Waals surface area contributed by atoms with Gasteiger partial charge in [-0.05, 0) is 59.7 Å². The van der Waals surface area contributed by atoms with E-state index in [1.54, 1.807) is 12.4 Å². The van der Waals surface area contributed by atoms with E-state index in [-0.39, 0.29) is 18.2 Å². The van der Waals surface area contributed by atoms with Crippen molar-refractivity contribution in [2.24, 2.45) is 0 Å². The van der Waals surface area contributed by atoms with Gasteiger partial charge in [-0.15, -0.1) is 12.4 Å². The van der Waals surface area contributed by atoms with Gasteiger partial charge in [-0.2, -0.15) is 0 Å².